The molecule has 90 valence electrons. The molecule has 0 amide bonds. The number of phenolic OH excluding ortho intramolecular Hbond substituents is 1. The molecule has 0 aliphatic carbocycles. The van der Waals surface area contributed by atoms with E-state index in [2.05, 4.69) is 5.10 Å². The van der Waals surface area contributed by atoms with Crippen molar-refractivity contribution in [1.29, 1.82) is 0 Å². The summed E-state index contributed by atoms with van der Waals surface area (Å²) in [5, 5.41) is 12.7. The van der Waals surface area contributed by atoms with Crippen molar-refractivity contribution in [1.82, 2.24) is 9.78 Å². The van der Waals surface area contributed by atoms with Crippen molar-refractivity contribution in [3.05, 3.63) is 28.9 Å². The normalized spacial score (nSPS) is 10.8. The predicted octanol–water partition coefficient (Wildman–Crippen LogP) is 2.31. The highest BCUT2D eigenvalue weighted by Gasteiger charge is 2.20. The Kier molecular flexibility index (Phi) is 2.66. The van der Waals surface area contributed by atoms with Gasteiger partial charge in [-0.1, -0.05) is 11.6 Å². The largest absolute Gasteiger partial charge is 0.504 e. The molecule has 3 N–H and O–H groups in total. The number of anilines is 1. The summed E-state index contributed by atoms with van der Waals surface area (Å²) in [4.78, 5) is 0. The summed E-state index contributed by atoms with van der Waals surface area (Å²) in [5.74, 6) is -3.37. The first-order valence-electron chi connectivity index (χ1n) is 4.57. The summed E-state index contributed by atoms with van der Waals surface area (Å²) in [6, 6.07) is 1.10. The van der Waals surface area contributed by atoms with E-state index in [1.165, 1.54) is 10.9 Å². The van der Waals surface area contributed by atoms with E-state index in [9.17, 15) is 8.78 Å². The van der Waals surface area contributed by atoms with Crippen LogP contribution in [0.25, 0.3) is 11.1 Å². The molecule has 0 aliphatic rings. The summed E-state index contributed by atoms with van der Waals surface area (Å²) in [6.45, 7) is 0. The second-order valence-corrected chi connectivity index (χ2v) is 3.86. The second-order valence-electron chi connectivity index (χ2n) is 3.45. The lowest BCUT2D eigenvalue weighted by atomic mass is 10.1. The molecule has 1 aromatic carbocycles. The molecule has 0 saturated carbocycles. The molecule has 1 aromatic heterocycles. The number of nitrogen functional groups attached to an aromatic ring is 1. The number of phenols is 1. The van der Waals surface area contributed by atoms with Gasteiger partial charge in [0.25, 0.3) is 0 Å². The Bertz CT molecular complexity index is 598. The minimum atomic E-state index is -1.41. The highest BCUT2D eigenvalue weighted by molar-refractivity contribution is 6.32. The van der Waals surface area contributed by atoms with Crippen LogP contribution in [0.2, 0.25) is 5.02 Å². The van der Waals surface area contributed by atoms with E-state index in [0.717, 1.165) is 6.07 Å². The molecule has 2 aromatic rings. The topological polar surface area (TPSA) is 64.1 Å². The van der Waals surface area contributed by atoms with Crippen LogP contribution in [0.15, 0.2) is 12.3 Å². The highest BCUT2D eigenvalue weighted by Crippen LogP contribution is 2.37. The Morgan fingerprint density at radius 1 is 1.35 bits per heavy atom. The van der Waals surface area contributed by atoms with Crippen LogP contribution >= 0.6 is 11.6 Å². The van der Waals surface area contributed by atoms with Crippen molar-refractivity contribution in [2.75, 3.05) is 5.73 Å². The van der Waals surface area contributed by atoms with E-state index in [1.807, 2.05) is 0 Å². The van der Waals surface area contributed by atoms with Gasteiger partial charge < -0.3 is 10.8 Å². The van der Waals surface area contributed by atoms with Gasteiger partial charge in [0.15, 0.2) is 11.6 Å². The molecule has 17 heavy (non-hydrogen) atoms. The number of aromatic hydroxyl groups is 1. The zero-order valence-electron chi connectivity index (χ0n) is 8.71. The molecule has 0 spiro atoms. The van der Waals surface area contributed by atoms with Gasteiger partial charge in [-0.2, -0.15) is 9.49 Å². The first kappa shape index (κ1) is 11.7. The molecule has 0 unspecified atom stereocenters. The van der Waals surface area contributed by atoms with Crippen LogP contribution in [0.1, 0.15) is 0 Å². The molecule has 0 fully saturated rings. The van der Waals surface area contributed by atoms with Crippen LogP contribution in [0.5, 0.6) is 5.75 Å². The Labute approximate surface area is 100 Å². The smallest absolute Gasteiger partial charge is 0.202 e. The number of aryl methyl sites for hydroxylation is 1. The third kappa shape index (κ3) is 1.70. The zero-order valence-corrected chi connectivity index (χ0v) is 9.46. The maximum Gasteiger partial charge on any atom is 0.202 e. The van der Waals surface area contributed by atoms with Gasteiger partial charge in [-0.05, 0) is 6.07 Å². The van der Waals surface area contributed by atoms with Gasteiger partial charge in [-0.3, -0.25) is 4.68 Å². The third-order valence-electron chi connectivity index (χ3n) is 2.41. The average Bonchev–Trinajstić information content (AvgIpc) is 2.62. The molecular weight excluding hydrogens is 252 g/mol. The highest BCUT2D eigenvalue weighted by atomic mass is 35.5. The Balaban J connectivity index is 2.73. The first-order chi connectivity index (χ1) is 7.93. The van der Waals surface area contributed by atoms with Crippen LogP contribution in [0.4, 0.5) is 14.6 Å². The van der Waals surface area contributed by atoms with Gasteiger partial charge in [-0.25, -0.2) is 4.39 Å². The number of nitrogens with two attached hydrogens (primary N) is 1. The molecule has 1 heterocycles. The molecule has 0 aliphatic heterocycles. The number of rotatable bonds is 1. The number of benzene rings is 1. The number of aromatic nitrogens is 2. The van der Waals surface area contributed by atoms with Crippen LogP contribution in [-0.4, -0.2) is 14.9 Å². The molecule has 7 heteroatoms. The number of nitrogens with zero attached hydrogens (tertiary/aromatic N) is 2. The van der Waals surface area contributed by atoms with Gasteiger partial charge in [0.05, 0.1) is 11.2 Å². The molecule has 0 bridgehead atoms. The van der Waals surface area contributed by atoms with Crippen molar-refractivity contribution < 1.29 is 13.9 Å². The monoisotopic (exact) mass is 259 g/mol. The zero-order chi connectivity index (χ0) is 12.7. The SMILES string of the molecule is Cn1ncc(-c2cc(Cl)c(O)c(F)c2F)c1N. The summed E-state index contributed by atoms with van der Waals surface area (Å²) in [6.07, 6.45) is 1.29. The van der Waals surface area contributed by atoms with Crippen LogP contribution in [0.3, 0.4) is 0 Å². The van der Waals surface area contributed by atoms with Crippen LogP contribution < -0.4 is 5.73 Å². The van der Waals surface area contributed by atoms with Gasteiger partial charge in [0.2, 0.25) is 5.82 Å². The van der Waals surface area contributed by atoms with E-state index in [-0.39, 0.29) is 22.0 Å². The predicted molar refractivity (Wildman–Crippen MR) is 59.6 cm³/mol. The minimum absolute atomic E-state index is 0.143. The number of hydrogen-bond acceptors (Lipinski definition) is 3. The first-order valence-corrected chi connectivity index (χ1v) is 4.95. The van der Waals surface area contributed by atoms with Crippen molar-refractivity contribution in [3.63, 3.8) is 0 Å². The Hall–Kier alpha value is -1.82. The standard InChI is InChI=1S/C10H8ClF2N3O/c1-16-10(14)5(3-15-16)4-2-6(11)9(17)8(13)7(4)12/h2-3,17H,14H2,1H3. The van der Waals surface area contributed by atoms with Crippen molar-refractivity contribution >= 4 is 17.4 Å². The fraction of sp³-hybridized carbons (Fsp3) is 0.100. The average molecular weight is 260 g/mol. The van der Waals surface area contributed by atoms with E-state index < -0.39 is 17.4 Å². The van der Waals surface area contributed by atoms with Gasteiger partial charge >= 0.3 is 0 Å². The lowest BCUT2D eigenvalue weighted by Crippen LogP contribution is -1.99. The van der Waals surface area contributed by atoms with Gasteiger partial charge in [0, 0.05) is 18.2 Å². The third-order valence-corrected chi connectivity index (χ3v) is 2.70. The molecule has 0 atom stereocenters. The Morgan fingerprint density at radius 3 is 2.53 bits per heavy atom. The molecule has 0 radical (unpaired) electrons. The van der Waals surface area contributed by atoms with E-state index in [0.29, 0.717) is 0 Å². The van der Waals surface area contributed by atoms with E-state index in [4.69, 9.17) is 22.4 Å². The van der Waals surface area contributed by atoms with Crippen molar-refractivity contribution in [2.45, 2.75) is 0 Å². The van der Waals surface area contributed by atoms with Crippen molar-refractivity contribution in [3.8, 4) is 16.9 Å². The van der Waals surface area contributed by atoms with Gasteiger partial charge in [0.1, 0.15) is 5.82 Å². The number of halogens is 3. The quantitative estimate of drug-likeness (QED) is 0.773. The summed E-state index contributed by atoms with van der Waals surface area (Å²) in [5.41, 5.74) is 5.72. The second kappa shape index (κ2) is 3.89. The molecule has 2 rings (SSSR count). The van der Waals surface area contributed by atoms with Crippen LogP contribution in [-0.2, 0) is 7.05 Å². The molecule has 4 nitrogen and oxygen atoms in total. The van der Waals surface area contributed by atoms with E-state index in [1.54, 1.807) is 7.05 Å². The summed E-state index contributed by atoms with van der Waals surface area (Å²) in [7, 11) is 1.56. The van der Waals surface area contributed by atoms with E-state index >= 15 is 0 Å². The molecule has 0 saturated heterocycles. The van der Waals surface area contributed by atoms with Crippen LogP contribution in [0, 0.1) is 11.6 Å². The summed E-state index contributed by atoms with van der Waals surface area (Å²) >= 11 is 5.58. The lowest BCUT2D eigenvalue weighted by Gasteiger charge is -2.06. The fourth-order valence-corrected chi connectivity index (χ4v) is 1.63. The molecular formula is C10H8ClF2N3O. The summed E-state index contributed by atoms with van der Waals surface area (Å²) < 4.78 is 28.2. The van der Waals surface area contributed by atoms with Gasteiger partial charge in [-0.15, -0.1) is 0 Å². The maximum atomic E-state index is 13.6. The van der Waals surface area contributed by atoms with Crippen molar-refractivity contribution in [2.24, 2.45) is 7.05 Å². The number of hydrogen-bond donors (Lipinski definition) is 2. The minimum Gasteiger partial charge on any atom is -0.504 e. The lowest BCUT2D eigenvalue weighted by molar-refractivity contribution is 0.408. The Morgan fingerprint density at radius 2 is 2.00 bits per heavy atom. The fourth-order valence-electron chi connectivity index (χ4n) is 1.44. The maximum absolute atomic E-state index is 13.6.